The van der Waals surface area contributed by atoms with E-state index in [1.165, 1.54) is 6.07 Å². The first-order valence-corrected chi connectivity index (χ1v) is 16.3. The van der Waals surface area contributed by atoms with Gasteiger partial charge in [-0.15, -0.1) is 0 Å². The number of rotatable bonds is 13. The van der Waals surface area contributed by atoms with Crippen molar-refractivity contribution in [3.8, 4) is 5.75 Å². The van der Waals surface area contributed by atoms with Crippen molar-refractivity contribution in [1.29, 1.82) is 0 Å². The molecular weight excluding hydrogens is 634 g/mol. The molecule has 4 amide bonds. The summed E-state index contributed by atoms with van der Waals surface area (Å²) < 4.78 is 6.22. The van der Waals surface area contributed by atoms with Gasteiger partial charge in [-0.05, 0) is 56.3 Å². The predicted octanol–water partition coefficient (Wildman–Crippen LogP) is 4.06. The van der Waals surface area contributed by atoms with E-state index in [2.05, 4.69) is 20.9 Å². The average Bonchev–Trinajstić information content (AvgIpc) is 3.09. The van der Waals surface area contributed by atoms with Crippen LogP contribution in [0.15, 0.2) is 103 Å². The van der Waals surface area contributed by atoms with Crippen LogP contribution in [0, 0.1) is 0 Å². The molecule has 3 atom stereocenters. The predicted molar refractivity (Wildman–Crippen MR) is 192 cm³/mol. The average molecular weight is 676 g/mol. The minimum absolute atomic E-state index is 0.0571. The van der Waals surface area contributed by atoms with Crippen LogP contribution in [0.25, 0.3) is 21.7 Å². The molecule has 6 N–H and O–H groups in total. The van der Waals surface area contributed by atoms with Crippen molar-refractivity contribution in [2.45, 2.75) is 57.3 Å². The Morgan fingerprint density at radius 1 is 0.800 bits per heavy atom. The Morgan fingerprint density at radius 3 is 2.18 bits per heavy atom. The number of fused-ring (bicyclic) bond motifs is 2. The van der Waals surface area contributed by atoms with Gasteiger partial charge in [0.05, 0.1) is 23.5 Å². The number of pyridine rings is 1. The van der Waals surface area contributed by atoms with Crippen LogP contribution in [0.3, 0.4) is 0 Å². The highest BCUT2D eigenvalue weighted by Gasteiger charge is 2.30. The van der Waals surface area contributed by atoms with Crippen molar-refractivity contribution in [3.63, 3.8) is 0 Å². The Hall–Kier alpha value is -5.81. The van der Waals surface area contributed by atoms with Crippen molar-refractivity contribution in [1.82, 2.24) is 20.9 Å². The molecule has 5 rings (SSSR count). The Bertz CT molecular complexity index is 2010. The normalized spacial score (nSPS) is 13.2. The van der Waals surface area contributed by atoms with Gasteiger partial charge in [-0.25, -0.2) is 4.98 Å². The molecule has 0 spiro atoms. The van der Waals surface area contributed by atoms with Gasteiger partial charge in [-0.3, -0.25) is 19.2 Å². The summed E-state index contributed by atoms with van der Waals surface area (Å²) in [5, 5.41) is 22.3. The van der Waals surface area contributed by atoms with Gasteiger partial charge in [-0.1, -0.05) is 84.9 Å². The first-order chi connectivity index (χ1) is 23.9. The van der Waals surface area contributed by atoms with Crippen LogP contribution < -0.4 is 26.4 Å². The van der Waals surface area contributed by atoms with Crippen LogP contribution in [0.5, 0.6) is 5.75 Å². The smallest absolute Gasteiger partial charge is 0.270 e. The first kappa shape index (κ1) is 35.5. The lowest BCUT2D eigenvalue weighted by Gasteiger charge is -2.27. The third-order valence-corrected chi connectivity index (χ3v) is 7.96. The third kappa shape index (κ3) is 9.20. The van der Waals surface area contributed by atoms with Crippen molar-refractivity contribution < 1.29 is 29.0 Å². The summed E-state index contributed by atoms with van der Waals surface area (Å²) in [7, 11) is 0. The van der Waals surface area contributed by atoms with E-state index in [-0.39, 0.29) is 30.4 Å². The molecule has 0 saturated heterocycles. The van der Waals surface area contributed by atoms with Gasteiger partial charge in [0.2, 0.25) is 11.8 Å². The number of aliphatic hydroxyl groups excluding tert-OH is 1. The second kappa shape index (κ2) is 15.6. The topological polar surface area (TPSA) is 173 Å². The summed E-state index contributed by atoms with van der Waals surface area (Å²) in [6.45, 7) is 5.33. The minimum Gasteiger partial charge on any atom is -0.489 e. The lowest BCUT2D eigenvalue weighted by molar-refractivity contribution is -0.128. The molecule has 5 aromatic rings. The van der Waals surface area contributed by atoms with E-state index in [9.17, 15) is 24.3 Å². The van der Waals surface area contributed by atoms with E-state index in [0.29, 0.717) is 16.5 Å². The molecule has 1 aromatic heterocycles. The number of amides is 4. The molecule has 0 unspecified atom stereocenters. The molecule has 1 heterocycles. The fourth-order valence-corrected chi connectivity index (χ4v) is 5.54. The molecule has 0 aliphatic heterocycles. The maximum Gasteiger partial charge on any atom is 0.270 e. The Balaban J connectivity index is 1.38. The zero-order chi connectivity index (χ0) is 35.8. The third-order valence-electron chi connectivity index (χ3n) is 7.96. The molecule has 258 valence electrons. The zero-order valence-electron chi connectivity index (χ0n) is 28.2. The number of benzene rings is 4. The fourth-order valence-electron chi connectivity index (χ4n) is 5.54. The molecule has 11 heteroatoms. The molecule has 0 saturated carbocycles. The molecule has 0 aliphatic rings. The molecule has 0 fully saturated rings. The number of aromatic nitrogens is 1. The highest BCUT2D eigenvalue weighted by atomic mass is 16.5. The summed E-state index contributed by atoms with van der Waals surface area (Å²) in [6, 6.07) is 28.4. The number of ether oxygens (including phenoxy) is 1. The maximum atomic E-state index is 13.7. The van der Waals surface area contributed by atoms with Crippen LogP contribution in [0.4, 0.5) is 0 Å². The number of para-hydroxylation sites is 1. The maximum absolute atomic E-state index is 13.7. The number of hydrogen-bond donors (Lipinski definition) is 5. The van der Waals surface area contributed by atoms with E-state index < -0.39 is 47.9 Å². The van der Waals surface area contributed by atoms with Crippen LogP contribution in [-0.4, -0.2) is 64.1 Å². The Morgan fingerprint density at radius 2 is 1.46 bits per heavy atom. The molecule has 4 aromatic carbocycles. The number of hydrogen-bond acceptors (Lipinski definition) is 7. The molecule has 11 nitrogen and oxygen atoms in total. The lowest BCUT2D eigenvalue weighted by atomic mass is 10.00. The highest BCUT2D eigenvalue weighted by molar-refractivity contribution is 6.04. The summed E-state index contributed by atoms with van der Waals surface area (Å²) in [5.74, 6) is -2.26. The summed E-state index contributed by atoms with van der Waals surface area (Å²) in [4.78, 5) is 56.7. The van der Waals surface area contributed by atoms with Gasteiger partial charge in [0.1, 0.15) is 30.2 Å². The van der Waals surface area contributed by atoms with Crippen molar-refractivity contribution in [2.75, 3.05) is 6.61 Å². The van der Waals surface area contributed by atoms with Crippen molar-refractivity contribution in [3.05, 3.63) is 120 Å². The van der Waals surface area contributed by atoms with Gasteiger partial charge in [0.15, 0.2) is 0 Å². The van der Waals surface area contributed by atoms with Crippen LogP contribution in [0.2, 0.25) is 0 Å². The molecular formula is C39H41N5O6. The summed E-state index contributed by atoms with van der Waals surface area (Å²) in [6.07, 6.45) is -1.59. The van der Waals surface area contributed by atoms with Crippen LogP contribution >= 0.6 is 0 Å². The van der Waals surface area contributed by atoms with Gasteiger partial charge >= 0.3 is 0 Å². The van der Waals surface area contributed by atoms with E-state index in [4.69, 9.17) is 10.5 Å². The van der Waals surface area contributed by atoms with E-state index >= 15 is 0 Å². The number of aliphatic hydroxyl groups is 1. The first-order valence-electron chi connectivity index (χ1n) is 16.3. The number of nitrogens with zero attached hydrogens (tertiary/aromatic N) is 1. The number of carbonyl (C=O) groups is 4. The number of carbonyl (C=O) groups excluding carboxylic acids is 4. The summed E-state index contributed by atoms with van der Waals surface area (Å²) in [5.41, 5.74) is 6.72. The largest absolute Gasteiger partial charge is 0.489 e. The van der Waals surface area contributed by atoms with Gasteiger partial charge < -0.3 is 31.5 Å². The Kier molecular flexibility index (Phi) is 11.1. The molecule has 0 aliphatic carbocycles. The monoisotopic (exact) mass is 675 g/mol. The quantitative estimate of drug-likeness (QED) is 0.125. The molecule has 0 bridgehead atoms. The summed E-state index contributed by atoms with van der Waals surface area (Å²) >= 11 is 0. The van der Waals surface area contributed by atoms with Crippen LogP contribution in [-0.2, 0) is 16.0 Å². The van der Waals surface area contributed by atoms with Gasteiger partial charge in [-0.2, -0.15) is 0 Å². The fraction of sp³-hybridized carbons (Fsp3) is 0.256. The standard InChI is InChI=1S/C39H41N5O6/c1-39(2,3)44-36(47)28-19-17-25-13-7-9-15-27(25)35(28)50-23-33(45)31(21-24-11-5-4-6-12-24)42-38(49)32(22-34(40)46)43-37(48)30-20-18-26-14-8-10-16-29(26)41-30/h4-20,31-33,45H,21-23H2,1-3H3,(H2,40,46)(H,42,49)(H,43,48)(H,44,47)/t31-,32-,33+/m0/s1. The molecule has 0 radical (unpaired) electrons. The van der Waals surface area contributed by atoms with E-state index in [1.54, 1.807) is 24.3 Å². The van der Waals surface area contributed by atoms with Crippen LogP contribution in [0.1, 0.15) is 53.6 Å². The minimum atomic E-state index is -1.36. The van der Waals surface area contributed by atoms with Crippen molar-refractivity contribution in [2.24, 2.45) is 5.73 Å². The second-order valence-corrected chi connectivity index (χ2v) is 13.1. The SMILES string of the molecule is CC(C)(C)NC(=O)c1ccc2ccccc2c1OC[C@@H](O)[C@H](Cc1ccccc1)NC(=O)[C@H](CC(N)=O)NC(=O)c1ccc2ccccc2n1. The second-order valence-electron chi connectivity index (χ2n) is 13.1. The van der Waals surface area contributed by atoms with Gasteiger partial charge in [0, 0.05) is 16.3 Å². The van der Waals surface area contributed by atoms with Crippen molar-refractivity contribution >= 4 is 45.3 Å². The lowest BCUT2D eigenvalue weighted by Crippen LogP contribution is -2.55. The van der Waals surface area contributed by atoms with Gasteiger partial charge in [0.25, 0.3) is 11.8 Å². The number of nitrogens with two attached hydrogens (primary N) is 1. The number of nitrogens with one attached hydrogen (secondary N) is 3. The number of primary amides is 1. The van der Waals surface area contributed by atoms with E-state index in [0.717, 1.165) is 16.3 Å². The highest BCUT2D eigenvalue weighted by Crippen LogP contribution is 2.31. The molecule has 50 heavy (non-hydrogen) atoms. The zero-order valence-corrected chi connectivity index (χ0v) is 28.2. The van der Waals surface area contributed by atoms with E-state index in [1.807, 2.05) is 93.6 Å². The Labute approximate surface area is 290 Å².